The molecule has 1 aromatic carbocycles. The minimum absolute atomic E-state index is 0.0516. The Hall–Kier alpha value is -1.77. The van der Waals surface area contributed by atoms with Gasteiger partial charge in [-0.05, 0) is 37.0 Å². The van der Waals surface area contributed by atoms with Gasteiger partial charge in [0.1, 0.15) is 0 Å². The van der Waals surface area contributed by atoms with Crippen LogP contribution in [-0.4, -0.2) is 17.4 Å². The maximum absolute atomic E-state index is 12.3. The number of amides is 1. The average Bonchev–Trinajstić information content (AvgIpc) is 2.94. The van der Waals surface area contributed by atoms with Crippen molar-refractivity contribution in [2.75, 3.05) is 6.54 Å². The van der Waals surface area contributed by atoms with E-state index in [-0.39, 0.29) is 5.91 Å². The molecule has 0 atom stereocenters. The Morgan fingerprint density at radius 3 is 2.89 bits per heavy atom. The van der Waals surface area contributed by atoms with E-state index in [1.165, 1.54) is 32.1 Å². The summed E-state index contributed by atoms with van der Waals surface area (Å²) in [6, 6.07) is 7.78. The van der Waals surface area contributed by atoms with Crippen molar-refractivity contribution >= 4 is 16.8 Å². The molecule has 1 saturated carbocycles. The summed E-state index contributed by atoms with van der Waals surface area (Å²) in [5, 5.41) is 4.10. The van der Waals surface area contributed by atoms with Crippen molar-refractivity contribution in [3.63, 3.8) is 0 Å². The zero-order chi connectivity index (χ0) is 13.1. The molecule has 1 heterocycles. The van der Waals surface area contributed by atoms with E-state index in [9.17, 15) is 4.79 Å². The molecule has 0 radical (unpaired) electrons. The van der Waals surface area contributed by atoms with Gasteiger partial charge in [-0.3, -0.25) is 4.79 Å². The van der Waals surface area contributed by atoms with Gasteiger partial charge >= 0.3 is 0 Å². The van der Waals surface area contributed by atoms with Gasteiger partial charge in [-0.2, -0.15) is 0 Å². The second-order valence-electron chi connectivity index (χ2n) is 5.46. The largest absolute Gasteiger partial charge is 0.361 e. The quantitative estimate of drug-likeness (QED) is 0.867. The molecule has 1 aliphatic carbocycles. The van der Waals surface area contributed by atoms with Crippen LogP contribution in [0, 0.1) is 5.92 Å². The van der Waals surface area contributed by atoms with Gasteiger partial charge < -0.3 is 10.3 Å². The Bertz CT molecular complexity index is 567. The molecule has 0 saturated heterocycles. The third kappa shape index (κ3) is 2.65. The van der Waals surface area contributed by atoms with Crippen molar-refractivity contribution in [1.29, 1.82) is 0 Å². The summed E-state index contributed by atoms with van der Waals surface area (Å²) in [7, 11) is 0. The summed E-state index contributed by atoms with van der Waals surface area (Å²) < 4.78 is 0. The molecule has 1 aliphatic rings. The number of benzene rings is 1. The van der Waals surface area contributed by atoms with E-state index < -0.39 is 0 Å². The Balaban J connectivity index is 1.68. The number of aromatic amines is 1. The third-order valence-electron chi connectivity index (χ3n) is 4.12. The van der Waals surface area contributed by atoms with Gasteiger partial charge in [0.05, 0.1) is 0 Å². The Morgan fingerprint density at radius 2 is 2.05 bits per heavy atom. The lowest BCUT2D eigenvalue weighted by atomic mass is 9.89. The zero-order valence-corrected chi connectivity index (χ0v) is 11.1. The van der Waals surface area contributed by atoms with E-state index >= 15 is 0 Å². The summed E-state index contributed by atoms with van der Waals surface area (Å²) in [4.78, 5) is 15.4. The second-order valence-corrected chi connectivity index (χ2v) is 5.46. The van der Waals surface area contributed by atoms with Crippen LogP contribution in [0.4, 0.5) is 0 Å². The summed E-state index contributed by atoms with van der Waals surface area (Å²) in [5.41, 5.74) is 1.79. The number of rotatable bonds is 3. The molecule has 0 bridgehead atoms. The van der Waals surface area contributed by atoms with Crippen LogP contribution in [0.15, 0.2) is 30.5 Å². The lowest BCUT2D eigenvalue weighted by molar-refractivity contribution is 0.0945. The summed E-state index contributed by atoms with van der Waals surface area (Å²) in [5.74, 6) is 0.721. The van der Waals surface area contributed by atoms with E-state index in [4.69, 9.17) is 0 Å². The molecule has 19 heavy (non-hydrogen) atoms. The third-order valence-corrected chi connectivity index (χ3v) is 4.12. The highest BCUT2D eigenvalue weighted by molar-refractivity contribution is 6.06. The van der Waals surface area contributed by atoms with Crippen LogP contribution in [0.1, 0.15) is 42.5 Å². The van der Waals surface area contributed by atoms with E-state index in [1.807, 2.05) is 30.5 Å². The molecule has 3 nitrogen and oxygen atoms in total. The summed E-state index contributed by atoms with van der Waals surface area (Å²) in [6.07, 6.45) is 8.38. The fourth-order valence-electron chi connectivity index (χ4n) is 3.01. The van der Waals surface area contributed by atoms with Crippen molar-refractivity contribution in [1.82, 2.24) is 10.3 Å². The predicted molar refractivity (Wildman–Crippen MR) is 77.2 cm³/mol. The van der Waals surface area contributed by atoms with Crippen LogP contribution in [0.25, 0.3) is 10.9 Å². The maximum Gasteiger partial charge on any atom is 0.251 e. The van der Waals surface area contributed by atoms with Gasteiger partial charge in [0.15, 0.2) is 0 Å². The number of fused-ring (bicyclic) bond motifs is 1. The fraction of sp³-hybridized carbons (Fsp3) is 0.438. The number of carbonyl (C=O) groups excluding carboxylic acids is 1. The van der Waals surface area contributed by atoms with Gasteiger partial charge in [-0.25, -0.2) is 0 Å². The molecule has 0 aliphatic heterocycles. The molecule has 1 fully saturated rings. The van der Waals surface area contributed by atoms with Crippen LogP contribution in [-0.2, 0) is 0 Å². The Morgan fingerprint density at radius 1 is 1.21 bits per heavy atom. The van der Waals surface area contributed by atoms with Crippen LogP contribution < -0.4 is 5.32 Å². The summed E-state index contributed by atoms with van der Waals surface area (Å²) in [6.45, 7) is 0.819. The van der Waals surface area contributed by atoms with Crippen molar-refractivity contribution in [3.05, 3.63) is 36.0 Å². The lowest BCUT2D eigenvalue weighted by Crippen LogP contribution is -2.30. The second kappa shape index (κ2) is 5.47. The molecule has 3 heteroatoms. The van der Waals surface area contributed by atoms with Crippen molar-refractivity contribution < 1.29 is 4.79 Å². The van der Waals surface area contributed by atoms with Crippen molar-refractivity contribution in [2.24, 2.45) is 5.92 Å². The van der Waals surface area contributed by atoms with Crippen molar-refractivity contribution in [3.8, 4) is 0 Å². The molecule has 1 aromatic heterocycles. The highest BCUT2D eigenvalue weighted by Crippen LogP contribution is 2.23. The monoisotopic (exact) mass is 256 g/mol. The molecular weight excluding hydrogens is 236 g/mol. The first-order chi connectivity index (χ1) is 9.34. The van der Waals surface area contributed by atoms with Gasteiger partial charge in [0, 0.05) is 29.2 Å². The number of hydrogen-bond acceptors (Lipinski definition) is 1. The normalized spacial score (nSPS) is 16.6. The molecule has 3 rings (SSSR count). The fourth-order valence-corrected chi connectivity index (χ4v) is 3.01. The van der Waals surface area contributed by atoms with Crippen LogP contribution in [0.3, 0.4) is 0 Å². The summed E-state index contributed by atoms with van der Waals surface area (Å²) >= 11 is 0. The molecular formula is C16H20N2O. The molecule has 0 spiro atoms. The first-order valence-corrected chi connectivity index (χ1v) is 7.19. The molecule has 2 aromatic rings. The first-order valence-electron chi connectivity index (χ1n) is 7.19. The van der Waals surface area contributed by atoms with Gasteiger partial charge in [0.2, 0.25) is 0 Å². The lowest BCUT2D eigenvalue weighted by Gasteiger charge is -2.21. The Labute approximate surface area is 113 Å². The minimum atomic E-state index is 0.0516. The van der Waals surface area contributed by atoms with Crippen LogP contribution >= 0.6 is 0 Å². The highest BCUT2D eigenvalue weighted by atomic mass is 16.1. The van der Waals surface area contributed by atoms with Crippen LogP contribution in [0.5, 0.6) is 0 Å². The van der Waals surface area contributed by atoms with E-state index in [2.05, 4.69) is 10.3 Å². The standard InChI is InChI=1S/C16H20N2O/c19-16(18-11-12-5-2-1-3-6-12)14-7-4-8-15-13(14)9-10-17-15/h4,7-10,12,17H,1-3,5-6,11H2,(H,18,19). The van der Waals surface area contributed by atoms with Gasteiger partial charge in [-0.1, -0.05) is 25.3 Å². The SMILES string of the molecule is O=C(NCC1CCCCC1)c1cccc2[nH]ccc12. The zero-order valence-electron chi connectivity index (χ0n) is 11.1. The molecule has 1 amide bonds. The molecule has 100 valence electrons. The van der Waals surface area contributed by atoms with Crippen molar-refractivity contribution in [2.45, 2.75) is 32.1 Å². The van der Waals surface area contributed by atoms with E-state index in [0.29, 0.717) is 5.92 Å². The molecule has 0 unspecified atom stereocenters. The first kappa shape index (κ1) is 12.3. The number of carbonyl (C=O) groups is 1. The van der Waals surface area contributed by atoms with E-state index in [1.54, 1.807) is 0 Å². The average molecular weight is 256 g/mol. The maximum atomic E-state index is 12.3. The number of H-pyrrole nitrogens is 1. The van der Waals surface area contributed by atoms with Gasteiger partial charge in [0.25, 0.3) is 5.91 Å². The topological polar surface area (TPSA) is 44.9 Å². The van der Waals surface area contributed by atoms with Crippen LogP contribution in [0.2, 0.25) is 0 Å². The molecule has 2 N–H and O–H groups in total. The number of nitrogens with one attached hydrogen (secondary N) is 2. The number of hydrogen-bond donors (Lipinski definition) is 2. The minimum Gasteiger partial charge on any atom is -0.361 e. The Kier molecular flexibility index (Phi) is 3.53. The van der Waals surface area contributed by atoms with E-state index in [0.717, 1.165) is 23.0 Å². The predicted octanol–water partition coefficient (Wildman–Crippen LogP) is 3.48. The highest BCUT2D eigenvalue weighted by Gasteiger charge is 2.15. The number of aromatic nitrogens is 1. The van der Waals surface area contributed by atoms with Gasteiger partial charge in [-0.15, -0.1) is 0 Å². The smallest absolute Gasteiger partial charge is 0.251 e.